The summed E-state index contributed by atoms with van der Waals surface area (Å²) in [7, 11) is 0. The summed E-state index contributed by atoms with van der Waals surface area (Å²) in [5, 5.41) is 0. The molecule has 1 heteroatoms. The summed E-state index contributed by atoms with van der Waals surface area (Å²) in [4.78, 5) is 0. The van der Waals surface area contributed by atoms with Crippen LogP contribution in [0.15, 0.2) is 24.3 Å². The van der Waals surface area contributed by atoms with E-state index in [2.05, 4.69) is 31.2 Å². The Morgan fingerprint density at radius 3 is 2.39 bits per heavy atom. The molecule has 1 nitrogen and oxygen atoms in total. The first kappa shape index (κ1) is 13.5. The lowest BCUT2D eigenvalue weighted by Gasteiger charge is -2.06. The lowest BCUT2D eigenvalue weighted by atomic mass is 10.1. The van der Waals surface area contributed by atoms with E-state index in [0.717, 1.165) is 24.7 Å². The van der Waals surface area contributed by atoms with Crippen molar-refractivity contribution in [1.82, 2.24) is 0 Å². The topological polar surface area (TPSA) is 9.23 Å². The summed E-state index contributed by atoms with van der Waals surface area (Å²) in [6.07, 6.45) is 10.9. The summed E-state index contributed by atoms with van der Waals surface area (Å²) in [5.41, 5.74) is 1.38. The third-order valence-electron chi connectivity index (χ3n) is 3.80. The van der Waals surface area contributed by atoms with E-state index in [0.29, 0.717) is 0 Å². The van der Waals surface area contributed by atoms with Crippen LogP contribution in [0.4, 0.5) is 0 Å². The molecule has 1 saturated carbocycles. The molecule has 100 valence electrons. The van der Waals surface area contributed by atoms with Gasteiger partial charge in [-0.2, -0.15) is 0 Å². The van der Waals surface area contributed by atoms with Gasteiger partial charge in [-0.15, -0.1) is 0 Å². The van der Waals surface area contributed by atoms with Crippen LogP contribution in [0.1, 0.15) is 57.4 Å². The van der Waals surface area contributed by atoms with Crippen LogP contribution < -0.4 is 4.74 Å². The predicted molar refractivity (Wildman–Crippen MR) is 77.1 cm³/mol. The fourth-order valence-corrected chi connectivity index (χ4v) is 2.31. The Balaban J connectivity index is 1.48. The first-order chi connectivity index (χ1) is 8.88. The minimum absolute atomic E-state index is 0.870. The number of unbranched alkanes of at least 4 members (excludes halogenated alkanes) is 3. The molecule has 0 saturated heterocycles. The Morgan fingerprint density at radius 1 is 1.00 bits per heavy atom. The van der Waals surface area contributed by atoms with Gasteiger partial charge in [-0.1, -0.05) is 57.6 Å². The van der Waals surface area contributed by atoms with Gasteiger partial charge in [-0.05, 0) is 36.5 Å². The van der Waals surface area contributed by atoms with E-state index < -0.39 is 0 Å². The van der Waals surface area contributed by atoms with Gasteiger partial charge in [0, 0.05) is 0 Å². The third-order valence-corrected chi connectivity index (χ3v) is 3.80. The van der Waals surface area contributed by atoms with Crippen molar-refractivity contribution in [1.29, 1.82) is 0 Å². The van der Waals surface area contributed by atoms with E-state index in [1.165, 1.54) is 50.5 Å². The van der Waals surface area contributed by atoms with Gasteiger partial charge in [0.2, 0.25) is 0 Å². The van der Waals surface area contributed by atoms with E-state index >= 15 is 0 Å². The van der Waals surface area contributed by atoms with Crippen molar-refractivity contribution < 1.29 is 4.74 Å². The highest BCUT2D eigenvalue weighted by molar-refractivity contribution is 5.27. The molecule has 2 rings (SSSR count). The van der Waals surface area contributed by atoms with Crippen molar-refractivity contribution in [3.63, 3.8) is 0 Å². The summed E-state index contributed by atoms with van der Waals surface area (Å²) in [5.74, 6) is 2.11. The largest absolute Gasteiger partial charge is 0.494 e. The molecule has 0 radical (unpaired) electrons. The van der Waals surface area contributed by atoms with E-state index in [-0.39, 0.29) is 0 Å². The Hall–Kier alpha value is -0.980. The van der Waals surface area contributed by atoms with Crippen LogP contribution >= 0.6 is 0 Å². The summed E-state index contributed by atoms with van der Waals surface area (Å²) < 4.78 is 5.75. The molecule has 1 aliphatic carbocycles. The second-order valence-electron chi connectivity index (χ2n) is 5.49. The maximum Gasteiger partial charge on any atom is 0.119 e. The number of hydrogen-bond donors (Lipinski definition) is 0. The molecule has 0 heterocycles. The molecule has 1 aromatic rings. The molecule has 18 heavy (non-hydrogen) atoms. The number of benzene rings is 1. The molecule has 0 aliphatic heterocycles. The maximum absolute atomic E-state index is 5.75. The maximum atomic E-state index is 5.75. The minimum atomic E-state index is 0.870. The van der Waals surface area contributed by atoms with Crippen LogP contribution in [0.5, 0.6) is 5.75 Å². The monoisotopic (exact) mass is 246 g/mol. The molecule has 1 fully saturated rings. The molecular formula is C17H26O. The average molecular weight is 246 g/mol. The molecule has 0 aromatic heterocycles. The Labute approximate surface area is 112 Å². The van der Waals surface area contributed by atoms with E-state index in [1.807, 2.05) is 0 Å². The molecular weight excluding hydrogens is 220 g/mol. The SMILES string of the molecule is CCc1ccc(OCCCCCCC2CC2)cc1. The fourth-order valence-electron chi connectivity index (χ4n) is 2.31. The quantitative estimate of drug-likeness (QED) is 0.558. The third kappa shape index (κ3) is 5.12. The summed E-state index contributed by atoms with van der Waals surface area (Å²) >= 11 is 0. The number of hydrogen-bond acceptors (Lipinski definition) is 1. The van der Waals surface area contributed by atoms with E-state index in [9.17, 15) is 0 Å². The highest BCUT2D eigenvalue weighted by Gasteiger charge is 2.19. The lowest BCUT2D eigenvalue weighted by Crippen LogP contribution is -1.97. The zero-order chi connectivity index (χ0) is 12.6. The van der Waals surface area contributed by atoms with Gasteiger partial charge in [0.25, 0.3) is 0 Å². The average Bonchev–Trinajstić information content (AvgIpc) is 3.22. The Morgan fingerprint density at radius 2 is 1.72 bits per heavy atom. The molecule has 0 unspecified atom stereocenters. The van der Waals surface area contributed by atoms with Crippen molar-refractivity contribution in [2.75, 3.05) is 6.61 Å². The minimum Gasteiger partial charge on any atom is -0.494 e. The van der Waals surface area contributed by atoms with Crippen LogP contribution in [0, 0.1) is 5.92 Å². The van der Waals surface area contributed by atoms with Gasteiger partial charge in [0.1, 0.15) is 5.75 Å². The van der Waals surface area contributed by atoms with Crippen molar-refractivity contribution in [2.45, 2.75) is 58.3 Å². The number of aryl methyl sites for hydroxylation is 1. The lowest BCUT2D eigenvalue weighted by molar-refractivity contribution is 0.304. The molecule has 0 N–H and O–H groups in total. The highest BCUT2D eigenvalue weighted by Crippen LogP contribution is 2.34. The first-order valence-corrected chi connectivity index (χ1v) is 7.60. The standard InChI is InChI=1S/C17H26O/c1-2-15-10-12-17(13-11-15)18-14-6-4-3-5-7-16-8-9-16/h10-13,16H,2-9,14H2,1H3. The van der Waals surface area contributed by atoms with Crippen molar-refractivity contribution in [2.24, 2.45) is 5.92 Å². The van der Waals surface area contributed by atoms with Gasteiger partial charge in [0.15, 0.2) is 0 Å². The second-order valence-corrected chi connectivity index (χ2v) is 5.49. The number of rotatable bonds is 9. The van der Waals surface area contributed by atoms with E-state index in [1.54, 1.807) is 0 Å². The van der Waals surface area contributed by atoms with Gasteiger partial charge in [-0.25, -0.2) is 0 Å². The second kappa shape index (κ2) is 7.45. The van der Waals surface area contributed by atoms with Gasteiger partial charge in [-0.3, -0.25) is 0 Å². The van der Waals surface area contributed by atoms with Crippen LogP contribution in [0.25, 0.3) is 0 Å². The highest BCUT2D eigenvalue weighted by atomic mass is 16.5. The summed E-state index contributed by atoms with van der Waals surface area (Å²) in [6.45, 7) is 3.05. The first-order valence-electron chi connectivity index (χ1n) is 7.60. The molecule has 0 spiro atoms. The van der Waals surface area contributed by atoms with Crippen LogP contribution in [0.2, 0.25) is 0 Å². The zero-order valence-corrected chi connectivity index (χ0v) is 11.7. The van der Waals surface area contributed by atoms with Crippen molar-refractivity contribution in [3.8, 4) is 5.75 Å². The summed E-state index contributed by atoms with van der Waals surface area (Å²) in [6, 6.07) is 8.49. The fraction of sp³-hybridized carbons (Fsp3) is 0.647. The normalized spacial score (nSPS) is 14.7. The van der Waals surface area contributed by atoms with Gasteiger partial charge in [0.05, 0.1) is 6.61 Å². The Kier molecular flexibility index (Phi) is 5.57. The zero-order valence-electron chi connectivity index (χ0n) is 11.7. The molecule has 0 amide bonds. The van der Waals surface area contributed by atoms with Gasteiger partial charge < -0.3 is 4.74 Å². The Bertz CT molecular complexity index is 324. The molecule has 1 aliphatic rings. The molecule has 1 aromatic carbocycles. The smallest absolute Gasteiger partial charge is 0.119 e. The van der Waals surface area contributed by atoms with Crippen molar-refractivity contribution in [3.05, 3.63) is 29.8 Å². The molecule has 0 bridgehead atoms. The van der Waals surface area contributed by atoms with Crippen molar-refractivity contribution >= 4 is 0 Å². The van der Waals surface area contributed by atoms with Crippen LogP contribution in [-0.4, -0.2) is 6.61 Å². The van der Waals surface area contributed by atoms with Crippen LogP contribution in [-0.2, 0) is 6.42 Å². The van der Waals surface area contributed by atoms with E-state index in [4.69, 9.17) is 4.74 Å². The number of ether oxygens (including phenoxy) is 1. The van der Waals surface area contributed by atoms with Gasteiger partial charge >= 0.3 is 0 Å². The van der Waals surface area contributed by atoms with Crippen LogP contribution in [0.3, 0.4) is 0 Å². The predicted octanol–water partition coefficient (Wildman–Crippen LogP) is 4.99. The molecule has 0 atom stereocenters.